The van der Waals surface area contributed by atoms with Crippen LogP contribution in [0.1, 0.15) is 19.3 Å². The van der Waals surface area contributed by atoms with E-state index in [4.69, 9.17) is 5.11 Å². The highest BCUT2D eigenvalue weighted by Gasteiger charge is 2.39. The number of carboxylic acids is 1. The van der Waals surface area contributed by atoms with Gasteiger partial charge in [0, 0.05) is 19.5 Å². The molecule has 0 bridgehead atoms. The van der Waals surface area contributed by atoms with Gasteiger partial charge in [-0.05, 0) is 12.8 Å². The molecule has 2 amide bonds. The van der Waals surface area contributed by atoms with Crippen LogP contribution < -0.4 is 5.32 Å². The van der Waals surface area contributed by atoms with Gasteiger partial charge in [0.25, 0.3) is 0 Å². The minimum Gasteiger partial charge on any atom is -0.480 e. The fourth-order valence-electron chi connectivity index (χ4n) is 2.30. The van der Waals surface area contributed by atoms with Crippen molar-refractivity contribution in [2.45, 2.75) is 25.3 Å². The molecule has 0 aliphatic carbocycles. The summed E-state index contributed by atoms with van der Waals surface area (Å²) in [6.07, 6.45) is 1.41. The highest BCUT2D eigenvalue weighted by Crippen LogP contribution is 2.22. The van der Waals surface area contributed by atoms with Crippen LogP contribution >= 0.6 is 0 Å². The van der Waals surface area contributed by atoms with E-state index in [0.29, 0.717) is 19.5 Å². The second-order valence-electron chi connectivity index (χ2n) is 4.23. The summed E-state index contributed by atoms with van der Waals surface area (Å²) in [5.41, 5.74) is 0. The first-order valence-corrected chi connectivity index (χ1v) is 5.39. The zero-order valence-corrected chi connectivity index (χ0v) is 8.81. The Bertz CT molecular complexity index is 342. The molecule has 0 spiro atoms. The molecule has 2 rings (SSSR count). The van der Waals surface area contributed by atoms with Gasteiger partial charge in [-0.15, -0.1) is 0 Å². The fraction of sp³-hybridized carbons (Fsp3) is 0.700. The molecular formula is C10H14N2O4. The third-order valence-corrected chi connectivity index (χ3v) is 3.15. The van der Waals surface area contributed by atoms with Gasteiger partial charge >= 0.3 is 5.97 Å². The minimum atomic E-state index is -0.955. The molecular weight excluding hydrogens is 212 g/mol. The number of likely N-dealkylation sites (tertiary alicyclic amines) is 1. The highest BCUT2D eigenvalue weighted by molar-refractivity contribution is 5.91. The van der Waals surface area contributed by atoms with Gasteiger partial charge in [-0.2, -0.15) is 0 Å². The monoisotopic (exact) mass is 226 g/mol. The van der Waals surface area contributed by atoms with Crippen LogP contribution in [-0.2, 0) is 14.4 Å². The van der Waals surface area contributed by atoms with Gasteiger partial charge < -0.3 is 15.3 Å². The predicted octanol–water partition coefficient (Wildman–Crippen LogP) is -0.802. The molecule has 2 N–H and O–H groups in total. The van der Waals surface area contributed by atoms with E-state index in [2.05, 4.69) is 5.32 Å². The number of aliphatic carboxylic acids is 1. The summed E-state index contributed by atoms with van der Waals surface area (Å²) in [5.74, 6) is -1.68. The maximum absolute atomic E-state index is 12.0. The Morgan fingerprint density at radius 2 is 2.19 bits per heavy atom. The van der Waals surface area contributed by atoms with Crippen LogP contribution in [0.15, 0.2) is 0 Å². The maximum Gasteiger partial charge on any atom is 0.326 e. The number of hydrogen-bond donors (Lipinski definition) is 2. The smallest absolute Gasteiger partial charge is 0.326 e. The molecule has 1 unspecified atom stereocenters. The first-order valence-electron chi connectivity index (χ1n) is 5.39. The van der Waals surface area contributed by atoms with Crippen LogP contribution in [0.5, 0.6) is 0 Å². The zero-order valence-electron chi connectivity index (χ0n) is 8.81. The molecule has 2 saturated heterocycles. The quantitative estimate of drug-likeness (QED) is 0.645. The SMILES string of the molecule is O=C1CC(C(=O)N2CCC[C@H]2C(=O)O)CN1. The van der Waals surface area contributed by atoms with Crippen molar-refractivity contribution in [2.75, 3.05) is 13.1 Å². The molecule has 2 atom stereocenters. The molecule has 2 fully saturated rings. The highest BCUT2D eigenvalue weighted by atomic mass is 16.4. The number of amides is 2. The van der Waals surface area contributed by atoms with Crippen molar-refractivity contribution in [3.63, 3.8) is 0 Å². The van der Waals surface area contributed by atoms with E-state index in [1.165, 1.54) is 4.90 Å². The molecule has 0 aromatic carbocycles. The van der Waals surface area contributed by atoms with Crippen molar-refractivity contribution in [3.05, 3.63) is 0 Å². The minimum absolute atomic E-state index is 0.135. The Balaban J connectivity index is 2.03. The maximum atomic E-state index is 12.0. The lowest BCUT2D eigenvalue weighted by Gasteiger charge is -2.23. The van der Waals surface area contributed by atoms with Crippen molar-refractivity contribution < 1.29 is 19.5 Å². The Kier molecular flexibility index (Phi) is 2.80. The van der Waals surface area contributed by atoms with Gasteiger partial charge in [0.15, 0.2) is 0 Å². The largest absolute Gasteiger partial charge is 0.480 e. The van der Waals surface area contributed by atoms with Gasteiger partial charge in [-0.3, -0.25) is 9.59 Å². The number of nitrogens with one attached hydrogen (secondary N) is 1. The van der Waals surface area contributed by atoms with Gasteiger partial charge in [0.2, 0.25) is 11.8 Å². The van der Waals surface area contributed by atoms with Gasteiger partial charge in [0.05, 0.1) is 5.92 Å². The van der Waals surface area contributed by atoms with E-state index in [1.54, 1.807) is 0 Å². The van der Waals surface area contributed by atoms with Crippen molar-refractivity contribution in [3.8, 4) is 0 Å². The van der Waals surface area contributed by atoms with Crippen molar-refractivity contribution in [2.24, 2.45) is 5.92 Å². The number of nitrogens with zero attached hydrogens (tertiary/aromatic N) is 1. The fourth-order valence-corrected chi connectivity index (χ4v) is 2.30. The molecule has 0 aromatic heterocycles. The van der Waals surface area contributed by atoms with E-state index >= 15 is 0 Å². The normalized spacial score (nSPS) is 29.2. The summed E-state index contributed by atoms with van der Waals surface area (Å²) in [7, 11) is 0. The van der Waals surface area contributed by atoms with E-state index in [0.717, 1.165) is 6.42 Å². The van der Waals surface area contributed by atoms with Crippen LogP contribution in [0.2, 0.25) is 0 Å². The first kappa shape index (κ1) is 10.9. The number of carboxylic acid groups (broad SMARTS) is 1. The molecule has 0 aromatic rings. The number of rotatable bonds is 2. The molecule has 6 nitrogen and oxygen atoms in total. The Labute approximate surface area is 92.6 Å². The van der Waals surface area contributed by atoms with E-state index in [-0.39, 0.29) is 24.2 Å². The third-order valence-electron chi connectivity index (χ3n) is 3.15. The second kappa shape index (κ2) is 4.11. The average Bonchev–Trinajstić information content (AvgIpc) is 2.84. The van der Waals surface area contributed by atoms with Gasteiger partial charge in [0.1, 0.15) is 6.04 Å². The lowest BCUT2D eigenvalue weighted by Crippen LogP contribution is -2.43. The number of carbonyl (C=O) groups is 3. The van der Waals surface area contributed by atoms with E-state index < -0.39 is 12.0 Å². The molecule has 2 aliphatic rings. The van der Waals surface area contributed by atoms with Crippen molar-refractivity contribution >= 4 is 17.8 Å². The summed E-state index contributed by atoms with van der Waals surface area (Å²) in [6, 6.07) is -0.705. The second-order valence-corrected chi connectivity index (χ2v) is 4.23. The summed E-state index contributed by atoms with van der Waals surface area (Å²) < 4.78 is 0. The summed E-state index contributed by atoms with van der Waals surface area (Å²) in [6.45, 7) is 0.820. The van der Waals surface area contributed by atoms with Crippen LogP contribution in [0, 0.1) is 5.92 Å². The van der Waals surface area contributed by atoms with E-state index in [9.17, 15) is 14.4 Å². The van der Waals surface area contributed by atoms with Crippen molar-refractivity contribution in [1.82, 2.24) is 10.2 Å². The number of hydrogen-bond acceptors (Lipinski definition) is 3. The van der Waals surface area contributed by atoms with E-state index in [1.807, 2.05) is 0 Å². The lowest BCUT2D eigenvalue weighted by atomic mass is 10.1. The van der Waals surface area contributed by atoms with Crippen LogP contribution in [0.25, 0.3) is 0 Å². The molecule has 0 radical (unpaired) electrons. The third kappa shape index (κ3) is 1.87. The molecule has 2 aliphatic heterocycles. The van der Waals surface area contributed by atoms with Gasteiger partial charge in [-0.1, -0.05) is 0 Å². The lowest BCUT2D eigenvalue weighted by molar-refractivity contribution is -0.149. The average molecular weight is 226 g/mol. The molecule has 16 heavy (non-hydrogen) atoms. The standard InChI is InChI=1S/C10H14N2O4/c13-8-4-6(5-11-8)9(14)12-3-1-2-7(12)10(15)16/h6-7H,1-5H2,(H,11,13)(H,15,16)/t6?,7-/m0/s1. The topological polar surface area (TPSA) is 86.7 Å². The summed E-state index contributed by atoms with van der Waals surface area (Å²) in [4.78, 5) is 35.3. The predicted molar refractivity (Wildman–Crippen MR) is 53.5 cm³/mol. The Hall–Kier alpha value is -1.59. The molecule has 88 valence electrons. The summed E-state index contributed by atoms with van der Waals surface area (Å²) in [5, 5.41) is 11.5. The molecule has 6 heteroatoms. The number of carbonyl (C=O) groups excluding carboxylic acids is 2. The molecule has 0 saturated carbocycles. The Morgan fingerprint density at radius 1 is 1.44 bits per heavy atom. The Morgan fingerprint density at radius 3 is 2.75 bits per heavy atom. The van der Waals surface area contributed by atoms with Crippen molar-refractivity contribution in [1.29, 1.82) is 0 Å². The summed E-state index contributed by atoms with van der Waals surface area (Å²) >= 11 is 0. The zero-order chi connectivity index (χ0) is 11.7. The molecule has 2 heterocycles. The van der Waals surface area contributed by atoms with Crippen LogP contribution in [-0.4, -0.2) is 46.9 Å². The van der Waals surface area contributed by atoms with Gasteiger partial charge in [-0.25, -0.2) is 4.79 Å². The van der Waals surface area contributed by atoms with Crippen LogP contribution in [0.4, 0.5) is 0 Å². The van der Waals surface area contributed by atoms with Crippen LogP contribution in [0.3, 0.4) is 0 Å². The first-order chi connectivity index (χ1) is 7.59.